The van der Waals surface area contributed by atoms with Gasteiger partial charge in [-0.15, -0.1) is 0 Å². The lowest BCUT2D eigenvalue weighted by Crippen LogP contribution is -2.36. The average molecular weight is 281 g/mol. The lowest BCUT2D eigenvalue weighted by Gasteiger charge is -2.22. The summed E-state index contributed by atoms with van der Waals surface area (Å²) in [5, 5.41) is 3.07. The number of carbonyl (C=O) groups excluding carboxylic acids is 1. The molecule has 5 nitrogen and oxygen atoms in total. The molecule has 0 saturated carbocycles. The number of nitrogens with one attached hydrogen (secondary N) is 1. The Hall–Kier alpha value is -1.69. The number of anilines is 1. The van der Waals surface area contributed by atoms with Gasteiger partial charge in [-0.2, -0.15) is 0 Å². The first-order chi connectivity index (χ1) is 8.88. The number of aromatic nitrogens is 1. The Morgan fingerprint density at radius 1 is 1.53 bits per heavy atom. The van der Waals surface area contributed by atoms with Gasteiger partial charge in [-0.3, -0.25) is 0 Å². The van der Waals surface area contributed by atoms with Gasteiger partial charge in [0.25, 0.3) is 0 Å². The van der Waals surface area contributed by atoms with E-state index in [1.54, 1.807) is 6.20 Å². The van der Waals surface area contributed by atoms with E-state index in [0.717, 1.165) is 5.56 Å². The van der Waals surface area contributed by atoms with E-state index < -0.39 is 6.04 Å². The summed E-state index contributed by atoms with van der Waals surface area (Å²) >= 11 is 5.03. The number of aryl methyl sites for hydroxylation is 1. The van der Waals surface area contributed by atoms with Crippen molar-refractivity contribution in [2.24, 2.45) is 11.7 Å². The minimum absolute atomic E-state index is 0.0500. The fourth-order valence-electron chi connectivity index (χ4n) is 1.75. The van der Waals surface area contributed by atoms with Crippen LogP contribution in [0.5, 0.6) is 0 Å². The maximum absolute atomic E-state index is 11.7. The third-order valence-electron chi connectivity index (χ3n) is 2.82. The van der Waals surface area contributed by atoms with Crippen LogP contribution in [0.2, 0.25) is 0 Å². The van der Waals surface area contributed by atoms with Crippen molar-refractivity contribution in [1.29, 1.82) is 0 Å². The molecule has 0 aliphatic rings. The Morgan fingerprint density at radius 3 is 2.63 bits per heavy atom. The van der Waals surface area contributed by atoms with Gasteiger partial charge >= 0.3 is 5.97 Å². The molecule has 1 aromatic rings. The number of esters is 1. The Bertz CT molecular complexity index is 489. The number of nitrogens with zero attached hydrogens (tertiary/aromatic N) is 1. The van der Waals surface area contributed by atoms with Crippen LogP contribution in [0.1, 0.15) is 25.0 Å². The second-order valence-electron chi connectivity index (χ2n) is 4.60. The molecule has 0 aromatic carbocycles. The summed E-state index contributed by atoms with van der Waals surface area (Å²) in [6.07, 6.45) is 1.65. The zero-order chi connectivity index (χ0) is 14.6. The van der Waals surface area contributed by atoms with Crippen LogP contribution in [0.4, 0.5) is 5.82 Å². The maximum atomic E-state index is 11.7. The highest BCUT2D eigenvalue weighted by atomic mass is 32.1. The summed E-state index contributed by atoms with van der Waals surface area (Å²) in [6.45, 7) is 5.74. The molecule has 0 fully saturated rings. The summed E-state index contributed by atoms with van der Waals surface area (Å²) < 4.78 is 4.78. The van der Waals surface area contributed by atoms with E-state index in [1.807, 2.05) is 26.8 Å². The van der Waals surface area contributed by atoms with E-state index in [4.69, 9.17) is 22.7 Å². The normalized spacial score (nSPS) is 12.1. The molecule has 104 valence electrons. The number of ether oxygens (including phenoxy) is 1. The van der Waals surface area contributed by atoms with Crippen molar-refractivity contribution in [1.82, 2.24) is 4.98 Å². The molecule has 0 radical (unpaired) electrons. The van der Waals surface area contributed by atoms with Crippen LogP contribution < -0.4 is 11.1 Å². The monoisotopic (exact) mass is 281 g/mol. The Balaban J connectivity index is 3.13. The fourth-order valence-corrected chi connectivity index (χ4v) is 2.01. The summed E-state index contributed by atoms with van der Waals surface area (Å²) in [6, 6.07) is 1.33. The Morgan fingerprint density at radius 2 is 2.16 bits per heavy atom. The number of pyridine rings is 1. The molecule has 0 amide bonds. The number of hydrogen-bond acceptors (Lipinski definition) is 5. The van der Waals surface area contributed by atoms with Crippen LogP contribution in [-0.2, 0) is 9.53 Å². The average Bonchev–Trinajstić information content (AvgIpc) is 2.34. The molecule has 1 aromatic heterocycles. The number of rotatable bonds is 5. The molecule has 0 aliphatic heterocycles. The molecular formula is C13H19N3O2S. The molecule has 0 saturated heterocycles. The molecule has 3 N–H and O–H groups in total. The van der Waals surface area contributed by atoms with Gasteiger partial charge in [-0.05, 0) is 24.5 Å². The molecule has 0 spiro atoms. The van der Waals surface area contributed by atoms with Crippen LogP contribution in [0.3, 0.4) is 0 Å². The first-order valence-electron chi connectivity index (χ1n) is 5.98. The smallest absolute Gasteiger partial charge is 0.328 e. The molecule has 1 atom stereocenters. The van der Waals surface area contributed by atoms with Crippen molar-refractivity contribution in [2.75, 3.05) is 12.4 Å². The molecule has 19 heavy (non-hydrogen) atoms. The Labute approximate surface area is 118 Å². The summed E-state index contributed by atoms with van der Waals surface area (Å²) in [7, 11) is 1.36. The molecule has 0 bridgehead atoms. The van der Waals surface area contributed by atoms with E-state index in [2.05, 4.69) is 10.3 Å². The number of thiocarbonyl (C=S) groups is 1. The van der Waals surface area contributed by atoms with Gasteiger partial charge in [0, 0.05) is 6.20 Å². The molecule has 1 heterocycles. The third kappa shape index (κ3) is 3.64. The zero-order valence-corrected chi connectivity index (χ0v) is 12.4. The van der Waals surface area contributed by atoms with Gasteiger partial charge < -0.3 is 15.8 Å². The van der Waals surface area contributed by atoms with E-state index in [9.17, 15) is 4.79 Å². The van der Waals surface area contributed by atoms with Crippen LogP contribution in [0.25, 0.3) is 0 Å². The first-order valence-corrected chi connectivity index (χ1v) is 6.39. The minimum Gasteiger partial charge on any atom is -0.467 e. The standard InChI is InChI=1S/C13H19N3O2S/c1-7(2)10(13(17)18-4)16-12-9(11(14)19)8(3)5-6-15-12/h5-7,10H,1-4H3,(H2,14,19)(H,15,16). The highest BCUT2D eigenvalue weighted by Gasteiger charge is 2.24. The highest BCUT2D eigenvalue weighted by Crippen LogP contribution is 2.19. The van der Waals surface area contributed by atoms with E-state index in [0.29, 0.717) is 11.4 Å². The van der Waals surface area contributed by atoms with Gasteiger partial charge in [0.1, 0.15) is 16.8 Å². The highest BCUT2D eigenvalue weighted by molar-refractivity contribution is 7.80. The molecule has 6 heteroatoms. The lowest BCUT2D eigenvalue weighted by atomic mass is 10.0. The molecule has 1 rings (SSSR count). The van der Waals surface area contributed by atoms with Gasteiger partial charge in [0.2, 0.25) is 0 Å². The number of methoxy groups -OCH3 is 1. The summed E-state index contributed by atoms with van der Waals surface area (Å²) in [4.78, 5) is 16.2. The molecule has 1 unspecified atom stereocenters. The number of carbonyl (C=O) groups is 1. The van der Waals surface area contributed by atoms with Crippen molar-refractivity contribution in [3.05, 3.63) is 23.4 Å². The first kappa shape index (κ1) is 15.4. The summed E-state index contributed by atoms with van der Waals surface area (Å²) in [5.41, 5.74) is 7.28. The lowest BCUT2D eigenvalue weighted by molar-refractivity contribution is -0.142. The number of hydrogen-bond donors (Lipinski definition) is 2. The van der Waals surface area contributed by atoms with Crippen molar-refractivity contribution in [3.63, 3.8) is 0 Å². The fraction of sp³-hybridized carbons (Fsp3) is 0.462. The third-order valence-corrected chi connectivity index (χ3v) is 3.02. The van der Waals surface area contributed by atoms with E-state index in [1.165, 1.54) is 7.11 Å². The van der Waals surface area contributed by atoms with Gasteiger partial charge in [0.05, 0.1) is 12.7 Å². The minimum atomic E-state index is -0.493. The maximum Gasteiger partial charge on any atom is 0.328 e. The van der Waals surface area contributed by atoms with Crippen molar-refractivity contribution in [2.45, 2.75) is 26.8 Å². The second kappa shape index (κ2) is 6.47. The second-order valence-corrected chi connectivity index (χ2v) is 5.04. The van der Waals surface area contributed by atoms with E-state index in [-0.39, 0.29) is 16.9 Å². The predicted octanol–water partition coefficient (Wildman–Crippen LogP) is 1.63. The van der Waals surface area contributed by atoms with Crippen LogP contribution in [0.15, 0.2) is 12.3 Å². The Kier molecular flexibility index (Phi) is 5.23. The van der Waals surface area contributed by atoms with Gasteiger partial charge in [-0.25, -0.2) is 9.78 Å². The predicted molar refractivity (Wildman–Crippen MR) is 79.1 cm³/mol. The van der Waals surface area contributed by atoms with Gasteiger partial charge in [0.15, 0.2) is 0 Å². The van der Waals surface area contributed by atoms with E-state index >= 15 is 0 Å². The number of nitrogens with two attached hydrogens (primary N) is 1. The van der Waals surface area contributed by atoms with Crippen molar-refractivity contribution in [3.8, 4) is 0 Å². The largest absolute Gasteiger partial charge is 0.467 e. The van der Waals surface area contributed by atoms with Crippen LogP contribution in [-0.4, -0.2) is 29.1 Å². The van der Waals surface area contributed by atoms with Gasteiger partial charge in [-0.1, -0.05) is 26.1 Å². The molecule has 0 aliphatic carbocycles. The van der Waals surface area contributed by atoms with Crippen molar-refractivity contribution >= 4 is 29.0 Å². The SMILES string of the molecule is COC(=O)C(Nc1nccc(C)c1C(N)=S)C(C)C. The quantitative estimate of drug-likeness (QED) is 0.631. The van der Waals surface area contributed by atoms with Crippen molar-refractivity contribution < 1.29 is 9.53 Å². The van der Waals surface area contributed by atoms with Crippen LogP contribution >= 0.6 is 12.2 Å². The topological polar surface area (TPSA) is 77.2 Å². The molecular weight excluding hydrogens is 262 g/mol. The van der Waals surface area contributed by atoms with Crippen LogP contribution in [0, 0.1) is 12.8 Å². The zero-order valence-electron chi connectivity index (χ0n) is 11.6. The summed E-state index contributed by atoms with van der Waals surface area (Å²) in [5.74, 6) is 0.220.